The Kier molecular flexibility index (Phi) is 2.21. The topological polar surface area (TPSA) is 41.5 Å². The summed E-state index contributed by atoms with van der Waals surface area (Å²) in [7, 11) is 3.37. The van der Waals surface area contributed by atoms with Gasteiger partial charge in [-0.15, -0.1) is 0 Å². The molecule has 3 nitrogen and oxygen atoms in total. The van der Waals surface area contributed by atoms with Gasteiger partial charge in [-0.05, 0) is 12.1 Å². The van der Waals surface area contributed by atoms with E-state index in [0.717, 1.165) is 5.69 Å². The third kappa shape index (κ3) is 1.55. The molecule has 0 radical (unpaired) electrons. The van der Waals surface area contributed by atoms with E-state index >= 15 is 0 Å². The van der Waals surface area contributed by atoms with Crippen molar-refractivity contribution in [1.82, 2.24) is 0 Å². The van der Waals surface area contributed by atoms with E-state index in [1.807, 2.05) is 0 Å². The Morgan fingerprint density at radius 2 is 2.18 bits per heavy atom. The number of ether oxygens (including phenoxy) is 1. The largest absolute Gasteiger partial charge is 0.508 e. The van der Waals surface area contributed by atoms with Crippen molar-refractivity contribution >= 4 is 5.69 Å². The summed E-state index contributed by atoms with van der Waals surface area (Å²) in [4.78, 5) is 0. The molecule has 1 rings (SSSR count). The second-order valence-corrected chi connectivity index (χ2v) is 2.13. The molecule has 0 amide bonds. The Bertz CT molecular complexity index is 248. The summed E-state index contributed by atoms with van der Waals surface area (Å²) in [6.07, 6.45) is 0. The van der Waals surface area contributed by atoms with Gasteiger partial charge < -0.3 is 15.2 Å². The van der Waals surface area contributed by atoms with Crippen molar-refractivity contribution in [2.75, 3.05) is 19.5 Å². The van der Waals surface area contributed by atoms with Crippen molar-refractivity contribution in [3.63, 3.8) is 0 Å². The first kappa shape index (κ1) is 7.72. The second-order valence-electron chi connectivity index (χ2n) is 2.13. The van der Waals surface area contributed by atoms with Crippen LogP contribution in [-0.4, -0.2) is 19.3 Å². The van der Waals surface area contributed by atoms with E-state index in [4.69, 9.17) is 9.84 Å². The monoisotopic (exact) mass is 153 g/mol. The van der Waals surface area contributed by atoms with Crippen LogP contribution in [0.15, 0.2) is 18.2 Å². The summed E-state index contributed by atoms with van der Waals surface area (Å²) in [6, 6.07) is 4.92. The van der Waals surface area contributed by atoms with Gasteiger partial charge in [0, 0.05) is 13.1 Å². The van der Waals surface area contributed by atoms with E-state index in [1.54, 1.807) is 32.4 Å². The summed E-state index contributed by atoms with van der Waals surface area (Å²) < 4.78 is 4.99. The fraction of sp³-hybridized carbons (Fsp3) is 0.250. The van der Waals surface area contributed by atoms with Gasteiger partial charge in [-0.25, -0.2) is 0 Å². The highest BCUT2D eigenvalue weighted by molar-refractivity contribution is 5.58. The molecule has 0 aliphatic heterocycles. The Balaban J connectivity index is 3.06. The smallest absolute Gasteiger partial charge is 0.145 e. The molecule has 2 N–H and O–H groups in total. The van der Waals surface area contributed by atoms with E-state index in [-0.39, 0.29) is 5.75 Å². The number of anilines is 1. The summed E-state index contributed by atoms with van der Waals surface area (Å²) in [5.41, 5.74) is 0.866. The van der Waals surface area contributed by atoms with Crippen LogP contribution in [0.5, 0.6) is 11.5 Å². The first-order valence-electron chi connectivity index (χ1n) is 3.32. The summed E-state index contributed by atoms with van der Waals surface area (Å²) in [5.74, 6) is 0.855. The number of phenolic OH excluding ortho intramolecular Hbond substituents is 1. The molecule has 1 aromatic rings. The predicted octanol–water partition coefficient (Wildman–Crippen LogP) is 1.44. The quantitative estimate of drug-likeness (QED) is 0.632. The maximum Gasteiger partial charge on any atom is 0.145 e. The van der Waals surface area contributed by atoms with Crippen LogP contribution in [0.1, 0.15) is 0 Å². The molecule has 0 aromatic heterocycles. The number of nitrogens with one attached hydrogen (secondary N) is 1. The molecule has 0 fully saturated rings. The van der Waals surface area contributed by atoms with E-state index in [9.17, 15) is 0 Å². The zero-order chi connectivity index (χ0) is 8.27. The van der Waals surface area contributed by atoms with E-state index < -0.39 is 0 Å². The van der Waals surface area contributed by atoms with Gasteiger partial charge in [-0.2, -0.15) is 0 Å². The molecule has 11 heavy (non-hydrogen) atoms. The molecule has 0 aliphatic carbocycles. The molecule has 0 spiro atoms. The van der Waals surface area contributed by atoms with Crippen LogP contribution in [0.25, 0.3) is 0 Å². The lowest BCUT2D eigenvalue weighted by atomic mass is 10.3. The van der Waals surface area contributed by atoms with Crippen LogP contribution < -0.4 is 10.1 Å². The fourth-order valence-corrected chi connectivity index (χ4v) is 0.886. The number of phenols is 1. The van der Waals surface area contributed by atoms with Gasteiger partial charge in [0.15, 0.2) is 0 Å². The van der Waals surface area contributed by atoms with Gasteiger partial charge in [-0.3, -0.25) is 0 Å². The first-order chi connectivity index (χ1) is 5.27. The zero-order valence-electron chi connectivity index (χ0n) is 6.59. The molecule has 0 heterocycles. The number of methoxy groups -OCH3 is 1. The van der Waals surface area contributed by atoms with Crippen molar-refractivity contribution < 1.29 is 9.84 Å². The minimum absolute atomic E-state index is 0.209. The molecule has 0 saturated heterocycles. The number of rotatable bonds is 2. The van der Waals surface area contributed by atoms with Crippen LogP contribution >= 0.6 is 0 Å². The lowest BCUT2D eigenvalue weighted by Gasteiger charge is -2.06. The van der Waals surface area contributed by atoms with Crippen molar-refractivity contribution in [1.29, 1.82) is 0 Å². The zero-order valence-corrected chi connectivity index (χ0v) is 6.59. The molecule has 0 aliphatic rings. The van der Waals surface area contributed by atoms with Crippen molar-refractivity contribution in [2.45, 2.75) is 0 Å². The van der Waals surface area contributed by atoms with Gasteiger partial charge >= 0.3 is 0 Å². The standard InChI is InChI=1S/C8H11NO2/c1-9-7-4-3-6(10)5-8(7)11-2/h3-5,9-10H,1-2H3. The Morgan fingerprint density at radius 3 is 2.73 bits per heavy atom. The molecule has 0 bridgehead atoms. The second kappa shape index (κ2) is 3.14. The highest BCUT2D eigenvalue weighted by Crippen LogP contribution is 2.27. The Hall–Kier alpha value is -1.38. The maximum absolute atomic E-state index is 9.06. The average Bonchev–Trinajstić information content (AvgIpc) is 2.04. The molecular formula is C8H11NO2. The summed E-state index contributed by atoms with van der Waals surface area (Å²) in [6.45, 7) is 0. The van der Waals surface area contributed by atoms with Crippen LogP contribution in [0.4, 0.5) is 5.69 Å². The first-order valence-corrected chi connectivity index (χ1v) is 3.32. The maximum atomic E-state index is 9.06. The van der Waals surface area contributed by atoms with E-state index in [2.05, 4.69) is 5.32 Å². The number of aromatic hydroxyl groups is 1. The summed E-state index contributed by atoms with van der Waals surface area (Å²) in [5, 5.41) is 12.0. The Labute approximate surface area is 65.6 Å². The third-order valence-electron chi connectivity index (χ3n) is 1.45. The Morgan fingerprint density at radius 1 is 1.45 bits per heavy atom. The molecule has 3 heteroatoms. The minimum atomic E-state index is 0.209. The highest BCUT2D eigenvalue weighted by atomic mass is 16.5. The molecule has 0 atom stereocenters. The predicted molar refractivity (Wildman–Crippen MR) is 44.2 cm³/mol. The van der Waals surface area contributed by atoms with E-state index in [0.29, 0.717) is 5.75 Å². The van der Waals surface area contributed by atoms with Crippen LogP contribution in [0.2, 0.25) is 0 Å². The number of benzene rings is 1. The van der Waals surface area contributed by atoms with Gasteiger partial charge in [0.1, 0.15) is 11.5 Å². The van der Waals surface area contributed by atoms with Gasteiger partial charge in [0.05, 0.1) is 12.8 Å². The van der Waals surface area contributed by atoms with Crippen LogP contribution in [0.3, 0.4) is 0 Å². The molecular weight excluding hydrogens is 142 g/mol. The van der Waals surface area contributed by atoms with Gasteiger partial charge in [-0.1, -0.05) is 0 Å². The number of hydrogen-bond donors (Lipinski definition) is 2. The lowest BCUT2D eigenvalue weighted by molar-refractivity contribution is 0.409. The van der Waals surface area contributed by atoms with Crippen molar-refractivity contribution in [3.05, 3.63) is 18.2 Å². The number of hydrogen-bond acceptors (Lipinski definition) is 3. The molecule has 0 saturated carbocycles. The molecule has 60 valence electrons. The summed E-state index contributed by atoms with van der Waals surface area (Å²) >= 11 is 0. The van der Waals surface area contributed by atoms with Gasteiger partial charge in [0.2, 0.25) is 0 Å². The van der Waals surface area contributed by atoms with Crippen LogP contribution in [-0.2, 0) is 0 Å². The van der Waals surface area contributed by atoms with Crippen molar-refractivity contribution in [2.24, 2.45) is 0 Å². The highest BCUT2D eigenvalue weighted by Gasteiger charge is 2.00. The third-order valence-corrected chi connectivity index (χ3v) is 1.45. The minimum Gasteiger partial charge on any atom is -0.508 e. The molecule has 1 aromatic carbocycles. The van der Waals surface area contributed by atoms with Gasteiger partial charge in [0.25, 0.3) is 0 Å². The normalized spacial score (nSPS) is 9.27. The SMILES string of the molecule is CNc1ccc(O)cc1OC. The van der Waals surface area contributed by atoms with Crippen molar-refractivity contribution in [3.8, 4) is 11.5 Å². The lowest BCUT2D eigenvalue weighted by Crippen LogP contribution is -1.92. The molecule has 0 unspecified atom stereocenters. The van der Waals surface area contributed by atoms with E-state index in [1.165, 1.54) is 0 Å². The fourth-order valence-electron chi connectivity index (χ4n) is 0.886. The van der Waals surface area contributed by atoms with Crippen LogP contribution in [0, 0.1) is 0 Å². The average molecular weight is 153 g/mol.